The maximum atomic E-state index is 15.6. The number of aromatic nitrogens is 3. The van der Waals surface area contributed by atoms with Gasteiger partial charge in [0, 0.05) is 64.0 Å². The van der Waals surface area contributed by atoms with Crippen LogP contribution in [-0.2, 0) is 11.3 Å². The third kappa shape index (κ3) is 4.29. The van der Waals surface area contributed by atoms with E-state index in [4.69, 9.17) is 0 Å². The van der Waals surface area contributed by atoms with Crippen LogP contribution in [0, 0.1) is 5.82 Å². The molecule has 0 unspecified atom stereocenters. The summed E-state index contributed by atoms with van der Waals surface area (Å²) < 4.78 is 30.7. The average Bonchev–Trinajstić information content (AvgIpc) is 3.15. The SMILES string of the molecule is O=C(N1CCC(n2c(=O)[nH]c3cc(F)ccc32)CC1)C1(F)CCN(Cc2ccncc2)CC1. The standard InChI is InChI=1S/C24H27F2N5O2/c25-18-1-2-21-20(15-18)28-23(33)31(21)19-5-11-30(12-6-19)22(32)24(26)7-13-29(14-8-24)16-17-3-9-27-10-4-17/h1-4,9-10,15,19H,5-8,11-14,16H2,(H,28,33). The van der Waals surface area contributed by atoms with E-state index in [1.165, 1.54) is 12.1 Å². The van der Waals surface area contributed by atoms with Crippen LogP contribution in [0.4, 0.5) is 8.78 Å². The van der Waals surface area contributed by atoms with Gasteiger partial charge in [-0.2, -0.15) is 0 Å². The van der Waals surface area contributed by atoms with Gasteiger partial charge in [0.15, 0.2) is 5.67 Å². The van der Waals surface area contributed by atoms with E-state index in [-0.39, 0.29) is 24.6 Å². The highest BCUT2D eigenvalue weighted by Gasteiger charge is 2.44. The maximum absolute atomic E-state index is 15.6. The Morgan fingerprint density at radius 2 is 1.79 bits per heavy atom. The molecular formula is C24H27F2N5O2. The minimum absolute atomic E-state index is 0.112. The molecular weight excluding hydrogens is 428 g/mol. The molecule has 0 spiro atoms. The number of amides is 1. The molecule has 1 aromatic carbocycles. The number of halogens is 2. The Labute approximate surface area is 190 Å². The normalized spacial score (nSPS) is 19.8. The van der Waals surface area contributed by atoms with Crippen molar-refractivity contribution in [3.05, 3.63) is 64.6 Å². The lowest BCUT2D eigenvalue weighted by Crippen LogP contribution is -2.54. The number of carbonyl (C=O) groups excluding carboxylic acids is 1. The van der Waals surface area contributed by atoms with Crippen molar-refractivity contribution in [3.8, 4) is 0 Å². The van der Waals surface area contributed by atoms with E-state index in [9.17, 15) is 14.0 Å². The minimum atomic E-state index is -1.84. The molecule has 1 amide bonds. The average molecular weight is 456 g/mol. The van der Waals surface area contributed by atoms with Crippen molar-refractivity contribution in [2.45, 2.75) is 43.9 Å². The van der Waals surface area contributed by atoms with Crippen molar-refractivity contribution in [2.24, 2.45) is 0 Å². The van der Waals surface area contributed by atoms with Crippen LogP contribution in [0.2, 0.25) is 0 Å². The van der Waals surface area contributed by atoms with E-state index in [1.807, 2.05) is 12.1 Å². The second-order valence-corrected chi connectivity index (χ2v) is 9.08. The number of carbonyl (C=O) groups is 1. The number of alkyl halides is 1. The number of nitrogens with one attached hydrogen (secondary N) is 1. The molecule has 0 atom stereocenters. The van der Waals surface area contributed by atoms with Crippen molar-refractivity contribution >= 4 is 16.9 Å². The van der Waals surface area contributed by atoms with Crippen molar-refractivity contribution < 1.29 is 13.6 Å². The van der Waals surface area contributed by atoms with E-state index >= 15 is 4.39 Å². The molecule has 3 aromatic rings. The molecule has 2 aliphatic heterocycles. The van der Waals surface area contributed by atoms with Crippen LogP contribution in [0.5, 0.6) is 0 Å². The number of imidazole rings is 1. The first kappa shape index (κ1) is 21.8. The highest BCUT2D eigenvalue weighted by atomic mass is 19.1. The number of hydrogen-bond donors (Lipinski definition) is 1. The quantitative estimate of drug-likeness (QED) is 0.656. The van der Waals surface area contributed by atoms with Gasteiger partial charge in [0.1, 0.15) is 5.82 Å². The van der Waals surface area contributed by atoms with Gasteiger partial charge in [-0.1, -0.05) is 0 Å². The monoisotopic (exact) mass is 455 g/mol. The largest absolute Gasteiger partial charge is 0.340 e. The van der Waals surface area contributed by atoms with Gasteiger partial charge in [0.05, 0.1) is 11.0 Å². The Morgan fingerprint density at radius 1 is 1.09 bits per heavy atom. The predicted octanol–water partition coefficient (Wildman–Crippen LogP) is 3.03. The number of aromatic amines is 1. The fourth-order valence-electron chi connectivity index (χ4n) is 5.10. The van der Waals surface area contributed by atoms with E-state index in [1.54, 1.807) is 27.9 Å². The van der Waals surface area contributed by atoms with Crippen LogP contribution in [-0.4, -0.2) is 62.1 Å². The summed E-state index contributed by atoms with van der Waals surface area (Å²) in [5, 5.41) is 0. The second kappa shape index (κ2) is 8.70. The van der Waals surface area contributed by atoms with Crippen LogP contribution in [0.1, 0.15) is 37.3 Å². The van der Waals surface area contributed by atoms with Crippen LogP contribution in [0.15, 0.2) is 47.5 Å². The molecule has 2 saturated heterocycles. The number of likely N-dealkylation sites (tertiary alicyclic amines) is 2. The van der Waals surface area contributed by atoms with Crippen LogP contribution >= 0.6 is 0 Å². The summed E-state index contributed by atoms with van der Waals surface area (Å²) in [5.41, 5.74) is 0.106. The summed E-state index contributed by atoms with van der Waals surface area (Å²) >= 11 is 0. The van der Waals surface area contributed by atoms with Gasteiger partial charge in [-0.15, -0.1) is 0 Å². The van der Waals surface area contributed by atoms with Crippen LogP contribution in [0.25, 0.3) is 11.0 Å². The molecule has 0 radical (unpaired) electrons. The molecule has 5 rings (SSSR count). The van der Waals surface area contributed by atoms with Crippen LogP contribution in [0.3, 0.4) is 0 Å². The topological polar surface area (TPSA) is 74.2 Å². The molecule has 0 bridgehead atoms. The Hall–Kier alpha value is -3.07. The van der Waals surface area contributed by atoms with E-state index in [0.29, 0.717) is 50.1 Å². The molecule has 0 aliphatic carbocycles. The molecule has 9 heteroatoms. The van der Waals surface area contributed by atoms with Gasteiger partial charge in [-0.3, -0.25) is 19.2 Å². The molecule has 2 aliphatic rings. The molecule has 2 aromatic heterocycles. The smallest absolute Gasteiger partial charge is 0.326 e. The van der Waals surface area contributed by atoms with Gasteiger partial charge >= 0.3 is 5.69 Å². The van der Waals surface area contributed by atoms with Gasteiger partial charge in [-0.25, -0.2) is 13.6 Å². The number of piperidine rings is 2. The first-order valence-corrected chi connectivity index (χ1v) is 11.4. The zero-order chi connectivity index (χ0) is 23.0. The molecule has 7 nitrogen and oxygen atoms in total. The predicted molar refractivity (Wildman–Crippen MR) is 120 cm³/mol. The van der Waals surface area contributed by atoms with Crippen molar-refractivity contribution in [1.29, 1.82) is 0 Å². The summed E-state index contributed by atoms with van der Waals surface area (Å²) in [5.74, 6) is -0.839. The van der Waals surface area contributed by atoms with E-state index in [0.717, 1.165) is 12.1 Å². The van der Waals surface area contributed by atoms with Crippen molar-refractivity contribution in [1.82, 2.24) is 24.3 Å². The zero-order valence-electron chi connectivity index (χ0n) is 18.3. The van der Waals surface area contributed by atoms with Crippen LogP contribution < -0.4 is 5.69 Å². The third-order valence-electron chi connectivity index (χ3n) is 6.98. The van der Waals surface area contributed by atoms with E-state index < -0.39 is 17.4 Å². The maximum Gasteiger partial charge on any atom is 0.326 e. The molecule has 0 saturated carbocycles. The Morgan fingerprint density at radius 3 is 2.48 bits per heavy atom. The number of hydrogen-bond acceptors (Lipinski definition) is 4. The van der Waals surface area contributed by atoms with Crippen molar-refractivity contribution in [3.63, 3.8) is 0 Å². The Balaban J connectivity index is 1.20. The van der Waals surface area contributed by atoms with Gasteiger partial charge in [0.25, 0.3) is 5.91 Å². The molecule has 1 N–H and O–H groups in total. The summed E-state index contributed by atoms with van der Waals surface area (Å²) in [6.07, 6.45) is 4.97. The van der Waals surface area contributed by atoms with Crippen molar-refractivity contribution in [2.75, 3.05) is 26.2 Å². The Bertz CT molecular complexity index is 1190. The zero-order valence-corrected chi connectivity index (χ0v) is 18.3. The number of rotatable bonds is 4. The lowest BCUT2D eigenvalue weighted by atomic mass is 9.90. The number of fused-ring (bicyclic) bond motifs is 1. The number of nitrogens with zero attached hydrogens (tertiary/aromatic N) is 4. The van der Waals surface area contributed by atoms with Gasteiger partial charge < -0.3 is 9.88 Å². The number of benzene rings is 1. The minimum Gasteiger partial charge on any atom is -0.340 e. The summed E-state index contributed by atoms with van der Waals surface area (Å²) in [4.78, 5) is 36.0. The van der Waals surface area contributed by atoms with Gasteiger partial charge in [0.2, 0.25) is 0 Å². The lowest BCUT2D eigenvalue weighted by Gasteiger charge is -2.40. The molecule has 174 valence electrons. The number of H-pyrrole nitrogens is 1. The highest BCUT2D eigenvalue weighted by Crippen LogP contribution is 2.32. The lowest BCUT2D eigenvalue weighted by molar-refractivity contribution is -0.148. The molecule has 2 fully saturated rings. The molecule has 4 heterocycles. The first-order chi connectivity index (χ1) is 15.9. The number of pyridine rings is 1. The van der Waals surface area contributed by atoms with Gasteiger partial charge in [-0.05, 0) is 48.7 Å². The second-order valence-electron chi connectivity index (χ2n) is 9.08. The summed E-state index contributed by atoms with van der Waals surface area (Å²) in [7, 11) is 0. The highest BCUT2D eigenvalue weighted by molar-refractivity contribution is 5.85. The fourth-order valence-corrected chi connectivity index (χ4v) is 5.10. The van der Waals surface area contributed by atoms with E-state index in [2.05, 4.69) is 14.9 Å². The first-order valence-electron chi connectivity index (χ1n) is 11.4. The Kier molecular flexibility index (Phi) is 5.74. The third-order valence-corrected chi connectivity index (χ3v) is 6.98. The molecule has 33 heavy (non-hydrogen) atoms. The summed E-state index contributed by atoms with van der Waals surface area (Å²) in [6, 6.07) is 8.01. The fraction of sp³-hybridized carbons (Fsp3) is 0.458. The summed E-state index contributed by atoms with van der Waals surface area (Å²) in [6.45, 7) is 2.58.